The summed E-state index contributed by atoms with van der Waals surface area (Å²) in [6.07, 6.45) is 1.53. The number of aliphatic hydroxyl groups excluding tert-OH is 1. The molecule has 6 N–H and O–H groups in total. The van der Waals surface area contributed by atoms with Crippen molar-refractivity contribution in [1.29, 1.82) is 0 Å². The first kappa shape index (κ1) is 43.4. The molecule has 6 rings (SSSR count). The van der Waals surface area contributed by atoms with E-state index in [9.17, 15) is 19.5 Å². The SMILES string of the molecule is COc1cc(C)c(CN=C(N)NCCCC(NC(=O)[C@@H]2CCC3CCC(Cc4ccccc4)(NC(=O)OC(C)(C)C)C(=O)N32)C(O)c2nc3ccccc3s2)c(C)c1C. The monoisotopic (exact) mass is 825 g/mol. The second-order valence-corrected chi connectivity index (χ2v) is 17.9. The fourth-order valence-corrected chi connectivity index (χ4v) is 9.37. The van der Waals surface area contributed by atoms with Gasteiger partial charge in [0.1, 0.15) is 34.0 Å². The van der Waals surface area contributed by atoms with Crippen molar-refractivity contribution in [3.05, 3.63) is 93.5 Å². The summed E-state index contributed by atoms with van der Waals surface area (Å²) in [5, 5.41) is 21.6. The molecule has 1 aromatic heterocycles. The minimum atomic E-state index is -1.31. The molecule has 59 heavy (non-hydrogen) atoms. The summed E-state index contributed by atoms with van der Waals surface area (Å²) >= 11 is 1.38. The van der Waals surface area contributed by atoms with Crippen LogP contribution in [0.25, 0.3) is 10.2 Å². The molecule has 4 aromatic rings. The van der Waals surface area contributed by atoms with Gasteiger partial charge in [-0.3, -0.25) is 9.59 Å². The average Bonchev–Trinajstić information content (AvgIpc) is 3.83. The Balaban J connectivity index is 1.18. The molecular weight excluding hydrogens is 767 g/mol. The van der Waals surface area contributed by atoms with Crippen LogP contribution in [0, 0.1) is 20.8 Å². The summed E-state index contributed by atoms with van der Waals surface area (Å²) in [7, 11) is 1.67. The second-order valence-electron chi connectivity index (χ2n) is 16.8. The minimum Gasteiger partial charge on any atom is -0.496 e. The third-order valence-corrected chi connectivity index (χ3v) is 12.7. The maximum Gasteiger partial charge on any atom is 0.408 e. The van der Waals surface area contributed by atoms with Crippen LogP contribution in [0.15, 0.2) is 65.7 Å². The fourth-order valence-electron chi connectivity index (χ4n) is 8.35. The molecule has 0 spiro atoms. The predicted molar refractivity (Wildman–Crippen MR) is 231 cm³/mol. The number of rotatable bonds is 14. The van der Waals surface area contributed by atoms with Crippen LogP contribution in [0.2, 0.25) is 0 Å². The first-order valence-corrected chi connectivity index (χ1v) is 21.3. The van der Waals surface area contributed by atoms with E-state index >= 15 is 0 Å². The summed E-state index contributed by atoms with van der Waals surface area (Å²) in [5.41, 5.74) is 10.2. The van der Waals surface area contributed by atoms with E-state index in [1.807, 2.05) is 74.5 Å². The smallest absolute Gasteiger partial charge is 0.408 e. The first-order valence-electron chi connectivity index (χ1n) is 20.5. The Bertz CT molecular complexity index is 2140. The Labute approximate surface area is 351 Å². The number of para-hydroxylation sites is 1. The highest BCUT2D eigenvalue weighted by Crippen LogP contribution is 2.39. The Morgan fingerprint density at radius 3 is 2.51 bits per heavy atom. The third kappa shape index (κ3) is 10.2. The number of methoxy groups -OCH3 is 1. The van der Waals surface area contributed by atoms with Gasteiger partial charge < -0.3 is 41.2 Å². The molecule has 2 saturated heterocycles. The number of nitrogens with zero attached hydrogens (tertiary/aromatic N) is 3. The lowest BCUT2D eigenvalue weighted by Gasteiger charge is -2.45. The number of aliphatic imine (C=N–C) groups is 1. The zero-order chi connectivity index (χ0) is 42.5. The van der Waals surface area contributed by atoms with Crippen molar-refractivity contribution in [1.82, 2.24) is 25.8 Å². The van der Waals surface area contributed by atoms with E-state index in [0.717, 1.165) is 43.8 Å². The van der Waals surface area contributed by atoms with Crippen LogP contribution in [0.4, 0.5) is 4.79 Å². The van der Waals surface area contributed by atoms with E-state index in [1.54, 1.807) is 32.8 Å². The maximum absolute atomic E-state index is 14.8. The van der Waals surface area contributed by atoms with E-state index in [4.69, 9.17) is 20.2 Å². The number of carbonyl (C=O) groups is 3. The van der Waals surface area contributed by atoms with Crippen molar-refractivity contribution >= 4 is 45.4 Å². The zero-order valence-corrected chi connectivity index (χ0v) is 36.1. The lowest BCUT2D eigenvalue weighted by Crippen LogP contribution is -2.67. The number of alkyl carbamates (subject to hydrolysis) is 1. The number of hydrogen-bond acceptors (Lipinski definition) is 9. The average molecular weight is 826 g/mol. The number of ether oxygens (including phenoxy) is 2. The molecule has 4 unspecified atom stereocenters. The van der Waals surface area contributed by atoms with Gasteiger partial charge in [0.05, 0.1) is 29.9 Å². The summed E-state index contributed by atoms with van der Waals surface area (Å²) < 4.78 is 12.1. The Morgan fingerprint density at radius 1 is 1.07 bits per heavy atom. The molecule has 0 bridgehead atoms. The molecule has 0 saturated carbocycles. The summed E-state index contributed by atoms with van der Waals surface area (Å²) in [6, 6.07) is 17.6. The third-order valence-electron chi connectivity index (χ3n) is 11.5. The van der Waals surface area contributed by atoms with Gasteiger partial charge in [0, 0.05) is 19.0 Å². The maximum atomic E-state index is 14.8. The Hall–Kier alpha value is -5.21. The summed E-state index contributed by atoms with van der Waals surface area (Å²) in [5.74, 6) is 0.478. The number of aromatic nitrogens is 1. The van der Waals surface area contributed by atoms with Crippen molar-refractivity contribution in [2.24, 2.45) is 10.7 Å². The van der Waals surface area contributed by atoms with Gasteiger partial charge in [-0.15, -0.1) is 11.3 Å². The Kier molecular flexibility index (Phi) is 13.5. The zero-order valence-electron chi connectivity index (χ0n) is 35.3. The van der Waals surface area contributed by atoms with Crippen molar-refractivity contribution in [3.8, 4) is 5.75 Å². The van der Waals surface area contributed by atoms with Gasteiger partial charge in [0.2, 0.25) is 11.8 Å². The van der Waals surface area contributed by atoms with E-state index in [-0.39, 0.29) is 24.3 Å². The molecule has 2 aliphatic heterocycles. The number of benzene rings is 3. The fraction of sp³-hybridized carbons (Fsp3) is 0.489. The number of hydrogen-bond donors (Lipinski definition) is 5. The molecule has 3 heterocycles. The van der Waals surface area contributed by atoms with E-state index in [1.165, 1.54) is 11.3 Å². The van der Waals surface area contributed by atoms with Gasteiger partial charge in [-0.05, 0) is 126 Å². The number of guanidine groups is 1. The number of piperidine rings is 1. The van der Waals surface area contributed by atoms with Crippen LogP contribution in [-0.4, -0.2) is 81.8 Å². The molecule has 5 atom stereocenters. The molecule has 2 aliphatic rings. The topological polar surface area (TPSA) is 180 Å². The van der Waals surface area contributed by atoms with Crippen LogP contribution in [0.5, 0.6) is 5.75 Å². The number of nitrogens with two attached hydrogens (primary N) is 1. The highest BCUT2D eigenvalue weighted by Gasteiger charge is 2.54. The minimum absolute atomic E-state index is 0.156. The van der Waals surface area contributed by atoms with Crippen molar-refractivity contribution in [2.75, 3.05) is 13.7 Å². The molecule has 0 aliphatic carbocycles. The lowest BCUT2D eigenvalue weighted by atomic mass is 9.80. The number of nitrogens with one attached hydrogen (secondary N) is 3. The predicted octanol–water partition coefficient (Wildman–Crippen LogP) is 6.29. The molecule has 13 nitrogen and oxygen atoms in total. The van der Waals surface area contributed by atoms with E-state index < -0.39 is 35.4 Å². The second kappa shape index (κ2) is 18.4. The van der Waals surface area contributed by atoms with Gasteiger partial charge >= 0.3 is 6.09 Å². The normalized spacial score (nSPS) is 20.5. The number of aliphatic hydroxyl groups is 1. The quantitative estimate of drug-likeness (QED) is 0.0555. The van der Waals surface area contributed by atoms with Gasteiger partial charge in [-0.25, -0.2) is 14.8 Å². The van der Waals surface area contributed by atoms with Gasteiger partial charge in [0.25, 0.3) is 0 Å². The van der Waals surface area contributed by atoms with Gasteiger partial charge in [-0.2, -0.15) is 0 Å². The van der Waals surface area contributed by atoms with Crippen LogP contribution in [-0.2, 0) is 27.3 Å². The summed E-state index contributed by atoms with van der Waals surface area (Å²) in [4.78, 5) is 53.5. The highest BCUT2D eigenvalue weighted by molar-refractivity contribution is 7.18. The van der Waals surface area contributed by atoms with Crippen LogP contribution in [0.3, 0.4) is 0 Å². The van der Waals surface area contributed by atoms with E-state index in [2.05, 4.69) is 27.9 Å². The number of aryl methyl sites for hydroxylation is 1. The van der Waals surface area contributed by atoms with Crippen LogP contribution >= 0.6 is 11.3 Å². The molecule has 14 heteroatoms. The van der Waals surface area contributed by atoms with Crippen LogP contribution < -0.4 is 26.4 Å². The van der Waals surface area contributed by atoms with Crippen molar-refractivity contribution < 1.29 is 29.0 Å². The number of amides is 3. The van der Waals surface area contributed by atoms with E-state index in [0.29, 0.717) is 62.6 Å². The highest BCUT2D eigenvalue weighted by atomic mass is 32.1. The number of carbonyl (C=O) groups excluding carboxylic acids is 3. The van der Waals surface area contributed by atoms with Crippen molar-refractivity contribution in [3.63, 3.8) is 0 Å². The van der Waals surface area contributed by atoms with Crippen molar-refractivity contribution in [2.45, 2.75) is 128 Å². The molecule has 316 valence electrons. The largest absolute Gasteiger partial charge is 0.496 e. The molecule has 3 amide bonds. The lowest BCUT2D eigenvalue weighted by molar-refractivity contribution is -0.150. The first-order chi connectivity index (χ1) is 28.1. The van der Waals surface area contributed by atoms with Gasteiger partial charge in [0.15, 0.2) is 5.96 Å². The number of fused-ring (bicyclic) bond motifs is 2. The molecule has 3 aromatic carbocycles. The van der Waals surface area contributed by atoms with Crippen LogP contribution in [0.1, 0.15) is 98.2 Å². The number of thiazole rings is 1. The standard InChI is InChI=1S/C45H59N7O6S/c1-27-24-36(57-7)29(3)28(2)32(27)26-48-42(46)47-23-13-17-34(38(53)40-50-33-16-11-12-18-37(33)59-40)49-39(54)35-20-19-31-21-22-45(41(55)52(31)35,25-30-14-9-8-10-15-30)51-43(56)58-44(4,5)6/h8-12,14-16,18,24,31,34-35,38,53H,13,17,19-23,25-26H2,1-7H3,(H,49,54)(H,51,56)(H3,46,47,48)/t31?,34?,35-,38?,45?/m0/s1. The molecule has 2 fully saturated rings. The molecule has 0 radical (unpaired) electrons. The molecular formula is C45H59N7O6S. The summed E-state index contributed by atoms with van der Waals surface area (Å²) in [6.45, 7) is 12.3. The Morgan fingerprint density at radius 2 is 1.80 bits per heavy atom. The van der Waals surface area contributed by atoms with Gasteiger partial charge in [-0.1, -0.05) is 42.5 Å².